The molecule has 244 valence electrons. The molecule has 8 aromatic carbocycles. The minimum Gasteiger partial charge on any atom is -0.308 e. The van der Waals surface area contributed by atoms with Gasteiger partial charge in [0.25, 0.3) is 0 Å². The Bertz CT molecular complexity index is 3580. The second kappa shape index (κ2) is 9.78. The van der Waals surface area contributed by atoms with Crippen molar-refractivity contribution in [2.45, 2.75) is 0 Å². The Hall–Kier alpha value is -7.17. The molecule has 4 heteroatoms. The van der Waals surface area contributed by atoms with Crippen LogP contribution in [0.1, 0.15) is 0 Å². The average Bonchev–Trinajstić information content (AvgIpc) is 3.94. The lowest BCUT2D eigenvalue weighted by Gasteiger charge is -2.26. The Morgan fingerprint density at radius 3 is 1.77 bits per heavy atom. The van der Waals surface area contributed by atoms with Crippen LogP contribution in [0.15, 0.2) is 170 Å². The molecule has 0 radical (unpaired) electrons. The third kappa shape index (κ3) is 3.39. The van der Waals surface area contributed by atoms with E-state index in [4.69, 9.17) is 4.98 Å². The van der Waals surface area contributed by atoms with Crippen molar-refractivity contribution in [1.29, 1.82) is 0 Å². The van der Waals surface area contributed by atoms with E-state index >= 15 is 0 Å². The van der Waals surface area contributed by atoms with Gasteiger partial charge in [-0.15, -0.1) is 0 Å². The van der Waals surface area contributed by atoms with Gasteiger partial charge in [0.1, 0.15) is 5.65 Å². The van der Waals surface area contributed by atoms with E-state index in [-0.39, 0.29) is 0 Å². The number of para-hydroxylation sites is 4. The van der Waals surface area contributed by atoms with Crippen LogP contribution in [0.2, 0.25) is 0 Å². The monoisotopic (exact) mass is 672 g/mol. The highest BCUT2D eigenvalue weighted by Crippen LogP contribution is 2.48. The fourth-order valence-electron chi connectivity index (χ4n) is 9.59. The van der Waals surface area contributed by atoms with Crippen LogP contribution in [0.5, 0.6) is 0 Å². The van der Waals surface area contributed by atoms with Gasteiger partial charge in [-0.1, -0.05) is 127 Å². The Kier molecular flexibility index (Phi) is 5.08. The van der Waals surface area contributed by atoms with E-state index < -0.39 is 0 Å². The zero-order valence-electron chi connectivity index (χ0n) is 28.5. The molecule has 0 atom stereocenters. The van der Waals surface area contributed by atoms with E-state index in [1.165, 1.54) is 81.3 Å². The molecule has 0 aliphatic heterocycles. The quantitative estimate of drug-likeness (QED) is 0.187. The van der Waals surface area contributed by atoms with E-state index in [0.29, 0.717) is 0 Å². The summed E-state index contributed by atoms with van der Waals surface area (Å²) in [5.74, 6) is 0. The van der Waals surface area contributed by atoms with Crippen LogP contribution in [-0.4, -0.2) is 13.8 Å². The molecule has 0 fully saturated rings. The summed E-state index contributed by atoms with van der Waals surface area (Å²) in [5.41, 5.74) is 11.4. The lowest BCUT2D eigenvalue weighted by Crippen LogP contribution is -2.10. The van der Waals surface area contributed by atoms with Crippen molar-refractivity contribution < 1.29 is 0 Å². The first kappa shape index (κ1) is 27.5. The van der Waals surface area contributed by atoms with Crippen LogP contribution in [0.25, 0.3) is 98.0 Å². The highest BCUT2D eigenvalue weighted by molar-refractivity contribution is 6.34. The third-order valence-electron chi connectivity index (χ3n) is 11.7. The van der Waals surface area contributed by atoms with Gasteiger partial charge in [0.05, 0.1) is 38.8 Å². The first-order chi connectivity index (χ1) is 26.3. The number of nitrogens with zero attached hydrogens (tertiary/aromatic N) is 4. The molecule has 53 heavy (non-hydrogen) atoms. The summed E-state index contributed by atoms with van der Waals surface area (Å²) in [4.78, 5) is 8.14. The van der Waals surface area contributed by atoms with Crippen molar-refractivity contribution in [3.8, 4) is 0 Å². The minimum atomic E-state index is 1.01. The molecular formula is C49H28N4. The molecule has 4 nitrogen and oxygen atoms in total. The lowest BCUT2D eigenvalue weighted by molar-refractivity contribution is 1.27. The Morgan fingerprint density at radius 2 is 0.981 bits per heavy atom. The number of hydrogen-bond donors (Lipinski definition) is 0. The summed E-state index contributed by atoms with van der Waals surface area (Å²) in [6.07, 6.45) is 0. The highest BCUT2D eigenvalue weighted by atomic mass is 15.2. The van der Waals surface area contributed by atoms with Gasteiger partial charge < -0.3 is 9.30 Å². The smallest absolute Gasteiger partial charge is 0.146 e. The Morgan fingerprint density at radius 1 is 0.377 bits per heavy atom. The van der Waals surface area contributed by atoms with Crippen molar-refractivity contribution in [1.82, 2.24) is 13.8 Å². The molecule has 0 unspecified atom stereocenters. The Balaban J connectivity index is 1.26. The molecule has 0 amide bonds. The zero-order valence-corrected chi connectivity index (χ0v) is 28.5. The van der Waals surface area contributed by atoms with Gasteiger partial charge in [0.15, 0.2) is 0 Å². The fourth-order valence-corrected chi connectivity index (χ4v) is 9.59. The predicted octanol–water partition coefficient (Wildman–Crippen LogP) is 13.2. The zero-order chi connectivity index (χ0) is 34.4. The molecule has 0 N–H and O–H groups in total. The average molecular weight is 673 g/mol. The largest absolute Gasteiger partial charge is 0.308 e. The standard InChI is InChI=1S/C49H28N4/c1-3-15-31(16-4-1)51(32-17-5-2-6-18-32)41-24-12-22-36-35-21-11-23-38-44-42(52(46(35)38)47(36)41)28-40-43-33-19-9-8-14-30(33)27-39-37-26-25-29-13-7-10-20-34(29)45(37)53(48(39)43)49(40)50-44/h1-28H. The normalized spacial score (nSPS) is 12.5. The van der Waals surface area contributed by atoms with Gasteiger partial charge in [-0.05, 0) is 58.6 Å². The van der Waals surface area contributed by atoms with E-state index in [2.05, 4.69) is 184 Å². The highest BCUT2D eigenvalue weighted by Gasteiger charge is 2.27. The van der Waals surface area contributed by atoms with E-state index in [1.807, 2.05) is 0 Å². The first-order valence-electron chi connectivity index (χ1n) is 18.2. The molecule has 0 aliphatic rings. The van der Waals surface area contributed by atoms with Crippen molar-refractivity contribution in [2.24, 2.45) is 0 Å². The van der Waals surface area contributed by atoms with Crippen LogP contribution in [0, 0.1) is 0 Å². The molecule has 0 saturated carbocycles. The second-order valence-electron chi connectivity index (χ2n) is 14.3. The summed E-state index contributed by atoms with van der Waals surface area (Å²) >= 11 is 0. The summed E-state index contributed by atoms with van der Waals surface area (Å²) in [6.45, 7) is 0. The van der Waals surface area contributed by atoms with E-state index in [9.17, 15) is 0 Å². The summed E-state index contributed by atoms with van der Waals surface area (Å²) in [5, 5.41) is 13.6. The van der Waals surface area contributed by atoms with Crippen LogP contribution >= 0.6 is 0 Å². The molecule has 5 heterocycles. The SMILES string of the molecule is c1ccc(N(c2ccccc2)c2cccc3c4cccc5c6nc7c(cc6n(c23)c45)c2c3ccccc3cc3c4ccc5ccccc5c4n7c32)cc1. The van der Waals surface area contributed by atoms with Gasteiger partial charge in [-0.2, -0.15) is 0 Å². The lowest BCUT2D eigenvalue weighted by atomic mass is 9.99. The number of rotatable bonds is 3. The predicted molar refractivity (Wildman–Crippen MR) is 223 cm³/mol. The van der Waals surface area contributed by atoms with Crippen molar-refractivity contribution in [3.05, 3.63) is 170 Å². The maximum absolute atomic E-state index is 5.75. The number of benzene rings is 8. The number of hydrogen-bond acceptors (Lipinski definition) is 2. The molecule has 0 aliphatic carbocycles. The van der Waals surface area contributed by atoms with Crippen LogP contribution in [-0.2, 0) is 0 Å². The summed E-state index contributed by atoms with van der Waals surface area (Å²) < 4.78 is 4.97. The number of pyridine rings is 1. The van der Waals surface area contributed by atoms with Crippen molar-refractivity contribution in [3.63, 3.8) is 0 Å². The van der Waals surface area contributed by atoms with Crippen LogP contribution < -0.4 is 4.90 Å². The molecular weight excluding hydrogens is 645 g/mol. The first-order valence-corrected chi connectivity index (χ1v) is 18.2. The van der Waals surface area contributed by atoms with E-state index in [0.717, 1.165) is 33.7 Å². The number of fused-ring (bicyclic) bond motifs is 16. The summed E-state index contributed by atoms with van der Waals surface area (Å²) in [6, 6.07) is 61.9. The molecule has 13 rings (SSSR count). The van der Waals surface area contributed by atoms with Gasteiger partial charge in [-0.25, -0.2) is 4.98 Å². The molecule has 0 spiro atoms. The second-order valence-corrected chi connectivity index (χ2v) is 14.3. The number of anilines is 3. The van der Waals surface area contributed by atoms with Gasteiger partial charge in [-0.3, -0.25) is 4.40 Å². The molecule has 0 bridgehead atoms. The molecule has 5 aromatic heterocycles. The van der Waals surface area contributed by atoms with Gasteiger partial charge in [0, 0.05) is 54.5 Å². The maximum Gasteiger partial charge on any atom is 0.146 e. The Labute approximate surface area is 302 Å². The van der Waals surface area contributed by atoms with Gasteiger partial charge >= 0.3 is 0 Å². The topological polar surface area (TPSA) is 25.0 Å². The molecule has 13 aromatic rings. The van der Waals surface area contributed by atoms with Crippen LogP contribution in [0.3, 0.4) is 0 Å². The third-order valence-corrected chi connectivity index (χ3v) is 11.7. The van der Waals surface area contributed by atoms with E-state index in [1.54, 1.807) is 0 Å². The minimum absolute atomic E-state index is 1.01. The fraction of sp³-hybridized carbons (Fsp3) is 0. The van der Waals surface area contributed by atoms with Crippen LogP contribution in [0.4, 0.5) is 17.1 Å². The molecule has 0 saturated heterocycles. The number of aromatic nitrogens is 3. The summed E-state index contributed by atoms with van der Waals surface area (Å²) in [7, 11) is 0. The maximum atomic E-state index is 5.75. The van der Waals surface area contributed by atoms with Crippen molar-refractivity contribution >= 4 is 115 Å². The van der Waals surface area contributed by atoms with Crippen molar-refractivity contribution in [2.75, 3.05) is 4.90 Å². The van der Waals surface area contributed by atoms with Gasteiger partial charge in [0.2, 0.25) is 0 Å².